The van der Waals surface area contributed by atoms with Crippen LogP contribution in [0, 0.1) is 11.3 Å². The zero-order valence-electron chi connectivity index (χ0n) is 19.7. The number of carbonyl (C=O) groups is 3. The SMILES string of the molecule is CC(C)N(C)[C@@H](CCC(N)=O)C(=O)C[C@@H](Cc1c[nH]c2ccccc12)C(=O)C(C)(C)C. The first-order chi connectivity index (χ1) is 14.4. The number of rotatable bonds is 11. The highest BCUT2D eigenvalue weighted by Crippen LogP contribution is 2.29. The van der Waals surface area contributed by atoms with Gasteiger partial charge in [0.05, 0.1) is 6.04 Å². The molecule has 2 atom stereocenters. The highest BCUT2D eigenvalue weighted by Gasteiger charge is 2.34. The monoisotopic (exact) mass is 427 g/mol. The third-order valence-electron chi connectivity index (χ3n) is 6.04. The number of para-hydroxylation sites is 1. The quantitative estimate of drug-likeness (QED) is 0.569. The van der Waals surface area contributed by atoms with Crippen molar-refractivity contribution in [3.05, 3.63) is 36.0 Å². The van der Waals surface area contributed by atoms with E-state index in [2.05, 4.69) is 4.98 Å². The summed E-state index contributed by atoms with van der Waals surface area (Å²) in [5, 5.41) is 1.08. The van der Waals surface area contributed by atoms with Crippen molar-refractivity contribution in [3.8, 4) is 0 Å². The summed E-state index contributed by atoms with van der Waals surface area (Å²) in [5.41, 5.74) is 6.85. The Morgan fingerprint density at radius 1 is 1.13 bits per heavy atom. The summed E-state index contributed by atoms with van der Waals surface area (Å²) < 4.78 is 0. The molecule has 0 bridgehead atoms. The Labute approximate surface area is 185 Å². The number of H-pyrrole nitrogens is 1. The van der Waals surface area contributed by atoms with Crippen molar-refractivity contribution in [3.63, 3.8) is 0 Å². The Kier molecular flexibility index (Phi) is 8.18. The Hall–Kier alpha value is -2.47. The molecular weight excluding hydrogens is 390 g/mol. The number of fused-ring (bicyclic) bond motifs is 1. The summed E-state index contributed by atoms with van der Waals surface area (Å²) in [6.45, 7) is 9.70. The minimum Gasteiger partial charge on any atom is -0.370 e. The zero-order valence-corrected chi connectivity index (χ0v) is 19.7. The van der Waals surface area contributed by atoms with Crippen LogP contribution in [0.5, 0.6) is 0 Å². The molecule has 0 radical (unpaired) electrons. The highest BCUT2D eigenvalue weighted by molar-refractivity contribution is 5.94. The van der Waals surface area contributed by atoms with E-state index >= 15 is 0 Å². The maximum atomic E-state index is 13.4. The number of benzene rings is 1. The van der Waals surface area contributed by atoms with Crippen LogP contribution in [-0.2, 0) is 20.8 Å². The minimum absolute atomic E-state index is 0.0140. The van der Waals surface area contributed by atoms with Crippen LogP contribution in [-0.4, -0.2) is 46.5 Å². The van der Waals surface area contributed by atoms with E-state index in [1.54, 1.807) is 0 Å². The van der Waals surface area contributed by atoms with Crippen molar-refractivity contribution in [2.24, 2.45) is 17.1 Å². The number of likely N-dealkylation sites (N-methyl/N-ethyl adjacent to an activating group) is 1. The molecule has 0 saturated heterocycles. The van der Waals surface area contributed by atoms with Crippen molar-refractivity contribution in [1.29, 1.82) is 0 Å². The van der Waals surface area contributed by atoms with Crippen LogP contribution in [0.3, 0.4) is 0 Å². The van der Waals surface area contributed by atoms with Crippen molar-refractivity contribution in [1.82, 2.24) is 9.88 Å². The molecular formula is C25H37N3O3. The summed E-state index contributed by atoms with van der Waals surface area (Å²) >= 11 is 0. The Bertz CT molecular complexity index is 923. The van der Waals surface area contributed by atoms with Gasteiger partial charge in [-0.3, -0.25) is 19.3 Å². The number of nitrogens with one attached hydrogen (secondary N) is 1. The maximum absolute atomic E-state index is 13.4. The van der Waals surface area contributed by atoms with Crippen molar-refractivity contribution in [2.45, 2.75) is 72.4 Å². The number of hydrogen-bond donors (Lipinski definition) is 2. The summed E-state index contributed by atoms with van der Waals surface area (Å²) in [5.74, 6) is -0.786. The third kappa shape index (κ3) is 6.50. The normalized spacial score (nSPS) is 14.2. The molecule has 1 aromatic carbocycles. The number of hydrogen-bond acceptors (Lipinski definition) is 4. The van der Waals surface area contributed by atoms with Crippen LogP contribution in [0.1, 0.15) is 59.4 Å². The van der Waals surface area contributed by atoms with Gasteiger partial charge >= 0.3 is 0 Å². The maximum Gasteiger partial charge on any atom is 0.217 e. The molecule has 1 aromatic heterocycles. The molecule has 0 aliphatic rings. The summed E-state index contributed by atoms with van der Waals surface area (Å²) in [7, 11) is 1.88. The smallest absolute Gasteiger partial charge is 0.217 e. The lowest BCUT2D eigenvalue weighted by Gasteiger charge is -2.32. The molecule has 31 heavy (non-hydrogen) atoms. The average Bonchev–Trinajstić information content (AvgIpc) is 3.08. The fourth-order valence-corrected chi connectivity index (χ4v) is 4.05. The van der Waals surface area contributed by atoms with Gasteiger partial charge in [0.25, 0.3) is 0 Å². The molecule has 6 heteroatoms. The largest absolute Gasteiger partial charge is 0.370 e. The van der Waals surface area contributed by atoms with Gasteiger partial charge in [-0.05, 0) is 45.4 Å². The van der Waals surface area contributed by atoms with Gasteiger partial charge in [-0.15, -0.1) is 0 Å². The molecule has 0 saturated carbocycles. The first-order valence-corrected chi connectivity index (χ1v) is 11.0. The number of nitrogens with zero attached hydrogens (tertiary/aromatic N) is 1. The van der Waals surface area contributed by atoms with Gasteiger partial charge in [0.1, 0.15) is 5.78 Å². The van der Waals surface area contributed by atoms with Crippen molar-refractivity contribution >= 4 is 28.4 Å². The van der Waals surface area contributed by atoms with Gasteiger partial charge in [0.15, 0.2) is 5.78 Å². The lowest BCUT2D eigenvalue weighted by atomic mass is 9.77. The average molecular weight is 428 g/mol. The fraction of sp³-hybridized carbons (Fsp3) is 0.560. The molecule has 0 unspecified atom stereocenters. The molecule has 2 rings (SSSR count). The van der Waals surface area contributed by atoms with E-state index in [9.17, 15) is 14.4 Å². The first-order valence-electron chi connectivity index (χ1n) is 11.0. The number of amides is 1. The highest BCUT2D eigenvalue weighted by atomic mass is 16.1. The third-order valence-corrected chi connectivity index (χ3v) is 6.04. The van der Waals surface area contributed by atoms with Crippen LogP contribution in [0.2, 0.25) is 0 Å². The number of aromatic nitrogens is 1. The number of nitrogens with two attached hydrogens (primary N) is 1. The number of carbonyl (C=O) groups excluding carboxylic acids is 3. The first kappa shape index (κ1) is 24.8. The molecule has 1 heterocycles. The number of primary amides is 1. The molecule has 0 fully saturated rings. The summed E-state index contributed by atoms with van der Waals surface area (Å²) in [6.07, 6.45) is 3.10. The van der Waals surface area contributed by atoms with Crippen LogP contribution in [0.4, 0.5) is 0 Å². The summed E-state index contributed by atoms with van der Waals surface area (Å²) in [4.78, 5) is 43.3. The lowest BCUT2D eigenvalue weighted by Crippen LogP contribution is -2.44. The standard InChI is InChI=1S/C25H37N3O3/c1-16(2)28(6)21(11-12-23(26)30)22(29)14-17(24(31)25(3,4)5)13-18-15-27-20-10-8-7-9-19(18)20/h7-10,15-17,21,27H,11-14H2,1-6H3,(H2,26,30)/t17-,21+/m1/s1. The van der Waals surface area contributed by atoms with E-state index in [-0.39, 0.29) is 30.4 Å². The molecule has 0 aliphatic heterocycles. The Morgan fingerprint density at radius 2 is 1.77 bits per heavy atom. The second kappa shape index (κ2) is 10.2. The van der Waals surface area contributed by atoms with Gasteiger partial charge in [-0.2, -0.15) is 0 Å². The van der Waals surface area contributed by atoms with Crippen molar-refractivity contribution in [2.75, 3.05) is 7.05 Å². The van der Waals surface area contributed by atoms with Gasteiger partial charge < -0.3 is 10.7 Å². The lowest BCUT2D eigenvalue weighted by molar-refractivity contribution is -0.135. The van der Waals surface area contributed by atoms with E-state index in [0.29, 0.717) is 12.8 Å². The molecule has 170 valence electrons. The minimum atomic E-state index is -0.552. The van der Waals surface area contributed by atoms with Crippen LogP contribution in [0.15, 0.2) is 30.5 Å². The predicted molar refractivity (Wildman–Crippen MR) is 125 cm³/mol. The Balaban J connectivity index is 2.31. The van der Waals surface area contributed by atoms with Gasteiger partial charge in [0, 0.05) is 47.3 Å². The molecule has 3 N–H and O–H groups in total. The van der Waals surface area contributed by atoms with Gasteiger partial charge in [-0.1, -0.05) is 39.0 Å². The topological polar surface area (TPSA) is 96.3 Å². The second-order valence-electron chi connectivity index (χ2n) is 9.83. The molecule has 0 spiro atoms. The van der Waals surface area contributed by atoms with E-state index < -0.39 is 23.3 Å². The second-order valence-corrected chi connectivity index (χ2v) is 9.83. The van der Waals surface area contributed by atoms with Crippen LogP contribution >= 0.6 is 0 Å². The fourth-order valence-electron chi connectivity index (χ4n) is 4.05. The molecule has 1 amide bonds. The number of Topliss-reactive ketones (excluding diaryl/α,β-unsaturated/α-hetero) is 2. The van der Waals surface area contributed by atoms with E-state index in [0.717, 1.165) is 16.5 Å². The molecule has 2 aromatic rings. The molecule has 6 nitrogen and oxygen atoms in total. The van der Waals surface area contributed by atoms with E-state index in [1.807, 2.05) is 77.0 Å². The zero-order chi connectivity index (χ0) is 23.3. The van der Waals surface area contributed by atoms with E-state index in [1.165, 1.54) is 0 Å². The molecule has 0 aliphatic carbocycles. The van der Waals surface area contributed by atoms with Crippen molar-refractivity contribution < 1.29 is 14.4 Å². The van der Waals surface area contributed by atoms with Crippen LogP contribution in [0.25, 0.3) is 10.9 Å². The van der Waals surface area contributed by atoms with E-state index in [4.69, 9.17) is 5.73 Å². The number of ketones is 2. The Morgan fingerprint density at radius 3 is 2.35 bits per heavy atom. The number of aromatic amines is 1. The van der Waals surface area contributed by atoms with Gasteiger partial charge in [0.2, 0.25) is 5.91 Å². The van der Waals surface area contributed by atoms with Crippen LogP contribution < -0.4 is 5.73 Å². The van der Waals surface area contributed by atoms with Gasteiger partial charge in [-0.25, -0.2) is 0 Å². The summed E-state index contributed by atoms with van der Waals surface area (Å²) in [6, 6.07) is 7.67. The predicted octanol–water partition coefficient (Wildman–Crippen LogP) is 3.88.